The molecule has 0 aliphatic rings. The van der Waals surface area contributed by atoms with Crippen molar-refractivity contribution in [3.05, 3.63) is 11.9 Å². The van der Waals surface area contributed by atoms with Gasteiger partial charge in [-0.3, -0.25) is 9.59 Å². The minimum absolute atomic E-state index is 0.0544. The molecule has 0 saturated heterocycles. The van der Waals surface area contributed by atoms with E-state index in [1.165, 1.54) is 13.1 Å². The summed E-state index contributed by atoms with van der Waals surface area (Å²) in [5.74, 6) is -1.19. The Labute approximate surface area is 95.7 Å². The number of carbonyl (C=O) groups excluding carboxylic acids is 3. The molecule has 92 valence electrons. The zero-order chi connectivity index (χ0) is 13.0. The second-order valence-electron chi connectivity index (χ2n) is 3.21. The van der Waals surface area contributed by atoms with Gasteiger partial charge in [0.25, 0.3) is 5.91 Å². The van der Waals surface area contributed by atoms with Gasteiger partial charge < -0.3 is 16.2 Å². The fraction of sp³-hybridized carbons (Fsp3) is 0.375. The number of primary amides is 2. The van der Waals surface area contributed by atoms with Gasteiger partial charge in [-0.1, -0.05) is 5.21 Å². The third-order valence-electron chi connectivity index (χ3n) is 1.86. The number of Topliss-reactive ketones (excluding diaryl/α,β-unsaturated/α-hetero) is 1. The monoisotopic (exact) mass is 241 g/mol. The number of hydrogen-bond acceptors (Lipinski definition) is 6. The van der Waals surface area contributed by atoms with Crippen molar-refractivity contribution in [3.63, 3.8) is 0 Å². The van der Waals surface area contributed by atoms with Gasteiger partial charge in [-0.2, -0.15) is 0 Å². The molecule has 0 aliphatic carbocycles. The third-order valence-corrected chi connectivity index (χ3v) is 1.86. The zero-order valence-electron chi connectivity index (χ0n) is 8.99. The zero-order valence-corrected chi connectivity index (χ0v) is 8.99. The van der Waals surface area contributed by atoms with Gasteiger partial charge in [0, 0.05) is 0 Å². The number of nitrogens with zero attached hydrogens (tertiary/aromatic N) is 3. The summed E-state index contributed by atoms with van der Waals surface area (Å²) in [7, 11) is 0. The minimum Gasteiger partial charge on any atom is -0.439 e. The van der Waals surface area contributed by atoms with E-state index in [9.17, 15) is 14.4 Å². The van der Waals surface area contributed by atoms with E-state index in [1.54, 1.807) is 0 Å². The summed E-state index contributed by atoms with van der Waals surface area (Å²) in [5.41, 5.74) is 9.66. The highest BCUT2D eigenvalue weighted by atomic mass is 16.6. The molecule has 0 saturated carbocycles. The van der Waals surface area contributed by atoms with E-state index < -0.39 is 23.9 Å². The molecule has 1 rings (SSSR count). The van der Waals surface area contributed by atoms with Crippen LogP contribution in [0.25, 0.3) is 0 Å². The SMILES string of the molecule is C[C@H](OC(N)=O)C(=O)Cn1cc(C(N)=O)nn1. The van der Waals surface area contributed by atoms with Crippen LogP contribution in [0, 0.1) is 0 Å². The van der Waals surface area contributed by atoms with Crippen LogP contribution in [0.5, 0.6) is 0 Å². The summed E-state index contributed by atoms with van der Waals surface area (Å²) < 4.78 is 5.59. The van der Waals surface area contributed by atoms with E-state index in [4.69, 9.17) is 11.5 Å². The molecule has 0 fully saturated rings. The van der Waals surface area contributed by atoms with Crippen molar-refractivity contribution >= 4 is 17.8 Å². The Morgan fingerprint density at radius 1 is 1.47 bits per heavy atom. The molecule has 2 amide bonds. The summed E-state index contributed by atoms with van der Waals surface area (Å²) in [6, 6.07) is 0. The second kappa shape index (κ2) is 5.05. The van der Waals surface area contributed by atoms with Crippen molar-refractivity contribution in [2.45, 2.75) is 19.6 Å². The van der Waals surface area contributed by atoms with E-state index >= 15 is 0 Å². The van der Waals surface area contributed by atoms with Crippen LogP contribution in [-0.4, -0.2) is 38.9 Å². The molecule has 0 radical (unpaired) electrons. The number of hydrogen-bond donors (Lipinski definition) is 2. The number of rotatable bonds is 5. The highest BCUT2D eigenvalue weighted by molar-refractivity contribution is 5.90. The van der Waals surface area contributed by atoms with Crippen molar-refractivity contribution in [2.75, 3.05) is 0 Å². The molecule has 1 atom stereocenters. The van der Waals surface area contributed by atoms with Crippen molar-refractivity contribution < 1.29 is 19.1 Å². The van der Waals surface area contributed by atoms with Crippen LogP contribution < -0.4 is 11.5 Å². The fourth-order valence-electron chi connectivity index (χ4n) is 1.02. The Morgan fingerprint density at radius 2 is 2.12 bits per heavy atom. The number of carbonyl (C=O) groups is 3. The average molecular weight is 241 g/mol. The molecule has 1 aromatic rings. The topological polar surface area (TPSA) is 143 Å². The van der Waals surface area contributed by atoms with E-state index in [0.717, 1.165) is 4.68 Å². The molecule has 1 aromatic heterocycles. The van der Waals surface area contributed by atoms with Crippen LogP contribution >= 0.6 is 0 Å². The van der Waals surface area contributed by atoms with Crippen LogP contribution in [0.4, 0.5) is 4.79 Å². The Balaban J connectivity index is 2.61. The lowest BCUT2D eigenvalue weighted by Crippen LogP contribution is -2.30. The highest BCUT2D eigenvalue weighted by Gasteiger charge is 2.17. The Morgan fingerprint density at radius 3 is 2.59 bits per heavy atom. The predicted octanol–water partition coefficient (Wildman–Crippen LogP) is -1.57. The first-order valence-corrected chi connectivity index (χ1v) is 4.59. The van der Waals surface area contributed by atoms with Gasteiger partial charge in [0.1, 0.15) is 6.54 Å². The van der Waals surface area contributed by atoms with Crippen molar-refractivity contribution in [1.82, 2.24) is 15.0 Å². The number of nitrogens with two attached hydrogens (primary N) is 2. The summed E-state index contributed by atoms with van der Waals surface area (Å²) in [4.78, 5) is 32.6. The second-order valence-corrected chi connectivity index (χ2v) is 3.21. The van der Waals surface area contributed by atoms with Gasteiger partial charge in [0.15, 0.2) is 17.6 Å². The molecular formula is C8H11N5O4. The number of amides is 2. The smallest absolute Gasteiger partial charge is 0.405 e. The fourth-order valence-corrected chi connectivity index (χ4v) is 1.02. The maximum atomic E-state index is 11.5. The normalized spacial score (nSPS) is 11.8. The van der Waals surface area contributed by atoms with Crippen LogP contribution in [-0.2, 0) is 16.1 Å². The van der Waals surface area contributed by atoms with Gasteiger partial charge in [-0.15, -0.1) is 5.10 Å². The number of ether oxygens (including phenoxy) is 1. The lowest BCUT2D eigenvalue weighted by molar-refractivity contribution is -0.127. The summed E-state index contributed by atoms with van der Waals surface area (Å²) in [6.45, 7) is 1.17. The molecule has 17 heavy (non-hydrogen) atoms. The van der Waals surface area contributed by atoms with Gasteiger partial charge in [0.2, 0.25) is 0 Å². The van der Waals surface area contributed by atoms with Gasteiger partial charge in [-0.25, -0.2) is 9.48 Å². The molecule has 4 N–H and O–H groups in total. The maximum Gasteiger partial charge on any atom is 0.405 e. The van der Waals surface area contributed by atoms with Crippen LogP contribution in [0.2, 0.25) is 0 Å². The van der Waals surface area contributed by atoms with Gasteiger partial charge >= 0.3 is 6.09 Å². The molecule has 0 unspecified atom stereocenters. The Bertz CT molecular complexity index is 455. The van der Waals surface area contributed by atoms with Crippen LogP contribution in [0.3, 0.4) is 0 Å². The lowest BCUT2D eigenvalue weighted by Gasteiger charge is -2.09. The maximum absolute atomic E-state index is 11.5. The summed E-state index contributed by atoms with van der Waals surface area (Å²) >= 11 is 0. The van der Waals surface area contributed by atoms with Gasteiger partial charge in [0.05, 0.1) is 6.20 Å². The highest BCUT2D eigenvalue weighted by Crippen LogP contribution is 1.97. The van der Waals surface area contributed by atoms with Crippen molar-refractivity contribution in [1.29, 1.82) is 0 Å². The van der Waals surface area contributed by atoms with Crippen LogP contribution in [0.15, 0.2) is 6.20 Å². The van der Waals surface area contributed by atoms with E-state index in [2.05, 4.69) is 15.0 Å². The first-order chi connectivity index (χ1) is 7.90. The standard InChI is InChI=1S/C8H11N5O4/c1-4(17-8(10)16)6(14)3-13-2-5(7(9)15)11-12-13/h2,4H,3H2,1H3,(H2,9,15)(H2,10,16)/t4-/m0/s1. The van der Waals surface area contributed by atoms with Crippen molar-refractivity contribution in [3.8, 4) is 0 Å². The van der Waals surface area contributed by atoms with Crippen molar-refractivity contribution in [2.24, 2.45) is 11.5 Å². The molecule has 0 aromatic carbocycles. The summed E-state index contributed by atoms with van der Waals surface area (Å²) in [6.07, 6.45) is -0.812. The molecule has 1 heterocycles. The minimum atomic E-state index is -1.04. The number of ketones is 1. The third kappa shape index (κ3) is 3.55. The van der Waals surface area contributed by atoms with E-state index in [-0.39, 0.29) is 12.2 Å². The Kier molecular flexibility index (Phi) is 3.75. The summed E-state index contributed by atoms with van der Waals surface area (Å²) in [5, 5.41) is 6.96. The molecule has 9 heteroatoms. The molecule has 0 spiro atoms. The predicted molar refractivity (Wildman–Crippen MR) is 53.7 cm³/mol. The Hall–Kier alpha value is -2.45. The van der Waals surface area contributed by atoms with Gasteiger partial charge in [-0.05, 0) is 6.92 Å². The molecule has 0 bridgehead atoms. The molecule has 0 aliphatic heterocycles. The largest absolute Gasteiger partial charge is 0.439 e. The van der Waals surface area contributed by atoms with E-state index in [0.29, 0.717) is 0 Å². The molecule has 9 nitrogen and oxygen atoms in total. The van der Waals surface area contributed by atoms with E-state index in [1.807, 2.05) is 0 Å². The first kappa shape index (κ1) is 12.6. The number of aromatic nitrogens is 3. The quantitative estimate of drug-likeness (QED) is 0.637. The first-order valence-electron chi connectivity index (χ1n) is 4.59. The molecular weight excluding hydrogens is 230 g/mol. The van der Waals surface area contributed by atoms with Crippen LogP contribution in [0.1, 0.15) is 17.4 Å². The average Bonchev–Trinajstić information content (AvgIpc) is 2.65. The lowest BCUT2D eigenvalue weighted by atomic mass is 10.2.